The van der Waals surface area contributed by atoms with E-state index in [-0.39, 0.29) is 22.2 Å². The number of aromatic nitrogens is 2. The Morgan fingerprint density at radius 3 is 2.69 bits per heavy atom. The molecule has 2 aromatic heterocycles. The smallest absolute Gasteiger partial charge is 0.339 e. The standard InChI is InChI=1S/C21H18ClN3O4/c22-19-10-15(14-5-1-2-6-16(14)24-19)21(28)29-12-18(26)13-9-17(23-11-13)20(27)25-7-3-4-8-25/h1-2,5-6,9-11,23H,3-4,7-8,12H2. The molecule has 1 fully saturated rings. The molecule has 3 heterocycles. The van der Waals surface area contributed by atoms with Gasteiger partial charge in [-0.25, -0.2) is 9.78 Å². The number of ether oxygens (including phenoxy) is 1. The van der Waals surface area contributed by atoms with Crippen LogP contribution in [-0.2, 0) is 4.74 Å². The summed E-state index contributed by atoms with van der Waals surface area (Å²) in [5.74, 6) is -1.20. The Balaban J connectivity index is 1.44. The number of carbonyl (C=O) groups is 3. The van der Waals surface area contributed by atoms with Gasteiger partial charge < -0.3 is 14.6 Å². The molecule has 3 aromatic rings. The molecule has 0 atom stereocenters. The largest absolute Gasteiger partial charge is 0.454 e. The highest BCUT2D eigenvalue weighted by Crippen LogP contribution is 2.22. The van der Waals surface area contributed by atoms with E-state index in [0.29, 0.717) is 16.6 Å². The number of carbonyl (C=O) groups excluding carboxylic acids is 3. The Bertz CT molecular complexity index is 1100. The van der Waals surface area contributed by atoms with E-state index in [1.54, 1.807) is 29.2 Å². The third-order valence-electron chi connectivity index (χ3n) is 4.87. The zero-order valence-electron chi connectivity index (χ0n) is 15.5. The van der Waals surface area contributed by atoms with Gasteiger partial charge in [-0.05, 0) is 31.0 Å². The maximum atomic E-state index is 12.5. The Labute approximate surface area is 171 Å². The lowest BCUT2D eigenvalue weighted by molar-refractivity contribution is 0.0476. The molecule has 1 N–H and O–H groups in total. The molecule has 1 aliphatic rings. The van der Waals surface area contributed by atoms with Crippen molar-refractivity contribution in [3.05, 3.63) is 64.6 Å². The molecule has 148 valence electrons. The van der Waals surface area contributed by atoms with Crippen molar-refractivity contribution in [3.63, 3.8) is 0 Å². The van der Waals surface area contributed by atoms with Crippen LogP contribution in [0.3, 0.4) is 0 Å². The third kappa shape index (κ3) is 4.00. The lowest BCUT2D eigenvalue weighted by Gasteiger charge is -2.13. The number of likely N-dealkylation sites (tertiary alicyclic amines) is 1. The summed E-state index contributed by atoms with van der Waals surface area (Å²) < 4.78 is 5.19. The van der Waals surface area contributed by atoms with Crippen LogP contribution < -0.4 is 0 Å². The van der Waals surface area contributed by atoms with E-state index in [4.69, 9.17) is 16.3 Å². The molecule has 1 aromatic carbocycles. The van der Waals surface area contributed by atoms with E-state index in [1.807, 2.05) is 0 Å². The van der Waals surface area contributed by atoms with Crippen LogP contribution in [0.1, 0.15) is 44.0 Å². The van der Waals surface area contributed by atoms with Crippen LogP contribution in [0.2, 0.25) is 5.15 Å². The van der Waals surface area contributed by atoms with Crippen LogP contribution >= 0.6 is 11.6 Å². The first kappa shape index (κ1) is 19.1. The van der Waals surface area contributed by atoms with Gasteiger partial charge in [0.1, 0.15) is 10.8 Å². The van der Waals surface area contributed by atoms with Crippen molar-refractivity contribution in [2.45, 2.75) is 12.8 Å². The van der Waals surface area contributed by atoms with Gasteiger partial charge >= 0.3 is 5.97 Å². The molecule has 8 heteroatoms. The number of rotatable bonds is 5. The van der Waals surface area contributed by atoms with E-state index in [0.717, 1.165) is 25.9 Å². The van der Waals surface area contributed by atoms with Gasteiger partial charge in [-0.3, -0.25) is 9.59 Å². The summed E-state index contributed by atoms with van der Waals surface area (Å²) in [5.41, 5.74) is 1.45. The van der Waals surface area contributed by atoms with E-state index in [1.165, 1.54) is 18.3 Å². The number of pyridine rings is 1. The van der Waals surface area contributed by atoms with Crippen LogP contribution in [0.4, 0.5) is 0 Å². The normalized spacial score (nSPS) is 13.6. The second-order valence-electron chi connectivity index (χ2n) is 6.81. The van der Waals surface area contributed by atoms with Crippen molar-refractivity contribution in [1.82, 2.24) is 14.9 Å². The SMILES string of the molecule is O=C(COC(=O)c1cc(Cl)nc2ccccc12)c1c[nH]c(C(=O)N2CCCC2)c1. The average molecular weight is 412 g/mol. The molecule has 0 radical (unpaired) electrons. The maximum absolute atomic E-state index is 12.5. The lowest BCUT2D eigenvalue weighted by Crippen LogP contribution is -2.27. The minimum Gasteiger partial charge on any atom is -0.454 e. The summed E-state index contributed by atoms with van der Waals surface area (Å²) >= 11 is 5.99. The molecule has 4 rings (SSSR count). The summed E-state index contributed by atoms with van der Waals surface area (Å²) in [6, 6.07) is 9.95. The summed E-state index contributed by atoms with van der Waals surface area (Å²) in [7, 11) is 0. The van der Waals surface area contributed by atoms with Crippen molar-refractivity contribution >= 4 is 40.2 Å². The summed E-state index contributed by atoms with van der Waals surface area (Å²) in [6.45, 7) is 1.00. The maximum Gasteiger partial charge on any atom is 0.339 e. The van der Waals surface area contributed by atoms with Crippen LogP contribution in [0.25, 0.3) is 10.9 Å². The average Bonchev–Trinajstić information content (AvgIpc) is 3.43. The predicted molar refractivity (Wildman–Crippen MR) is 107 cm³/mol. The van der Waals surface area contributed by atoms with E-state index in [2.05, 4.69) is 9.97 Å². The molecule has 1 aliphatic heterocycles. The number of halogens is 1. The van der Waals surface area contributed by atoms with Crippen molar-refractivity contribution in [2.24, 2.45) is 0 Å². The Hall–Kier alpha value is -3.19. The van der Waals surface area contributed by atoms with Crippen LogP contribution in [0.5, 0.6) is 0 Å². The van der Waals surface area contributed by atoms with E-state index in [9.17, 15) is 14.4 Å². The van der Waals surface area contributed by atoms with Crippen LogP contribution in [-0.4, -0.2) is 52.2 Å². The fourth-order valence-electron chi connectivity index (χ4n) is 3.37. The molecule has 0 aliphatic carbocycles. The number of amides is 1. The van der Waals surface area contributed by atoms with Gasteiger partial charge in [0.15, 0.2) is 6.61 Å². The van der Waals surface area contributed by atoms with Crippen molar-refractivity contribution in [1.29, 1.82) is 0 Å². The predicted octanol–water partition coefficient (Wildman–Crippen LogP) is 3.49. The monoisotopic (exact) mass is 411 g/mol. The van der Waals surface area contributed by atoms with Crippen molar-refractivity contribution < 1.29 is 19.1 Å². The van der Waals surface area contributed by atoms with Gasteiger partial charge in [0.25, 0.3) is 5.91 Å². The van der Waals surface area contributed by atoms with Gasteiger partial charge in [-0.1, -0.05) is 29.8 Å². The molecule has 1 amide bonds. The minimum atomic E-state index is -0.664. The third-order valence-corrected chi connectivity index (χ3v) is 5.06. The molecule has 0 bridgehead atoms. The number of esters is 1. The minimum absolute atomic E-state index is 0.128. The first-order chi connectivity index (χ1) is 14.0. The fraction of sp³-hybridized carbons (Fsp3) is 0.238. The summed E-state index contributed by atoms with van der Waals surface area (Å²) in [4.78, 5) is 46.0. The number of aromatic amines is 1. The van der Waals surface area contributed by atoms with Crippen LogP contribution in [0.15, 0.2) is 42.6 Å². The molecule has 1 saturated heterocycles. The van der Waals surface area contributed by atoms with Gasteiger partial charge in [0, 0.05) is 30.2 Å². The molecule has 7 nitrogen and oxygen atoms in total. The van der Waals surface area contributed by atoms with Crippen molar-refractivity contribution in [3.8, 4) is 0 Å². The Kier molecular flexibility index (Phi) is 5.31. The summed E-state index contributed by atoms with van der Waals surface area (Å²) in [5, 5.41) is 0.757. The number of benzene rings is 1. The summed E-state index contributed by atoms with van der Waals surface area (Å²) in [6.07, 6.45) is 3.43. The number of para-hydroxylation sites is 1. The highest BCUT2D eigenvalue weighted by molar-refractivity contribution is 6.30. The van der Waals surface area contributed by atoms with Crippen molar-refractivity contribution in [2.75, 3.05) is 19.7 Å². The molecule has 29 heavy (non-hydrogen) atoms. The number of Topliss-reactive ketones (excluding diaryl/α,β-unsaturated/α-hetero) is 1. The zero-order valence-corrected chi connectivity index (χ0v) is 16.2. The van der Waals surface area contributed by atoms with Gasteiger partial charge in [-0.2, -0.15) is 0 Å². The van der Waals surface area contributed by atoms with Gasteiger partial charge in [0.05, 0.1) is 11.1 Å². The lowest BCUT2D eigenvalue weighted by atomic mass is 10.1. The first-order valence-electron chi connectivity index (χ1n) is 9.26. The quantitative estimate of drug-likeness (QED) is 0.394. The Morgan fingerprint density at radius 2 is 1.90 bits per heavy atom. The number of H-pyrrole nitrogens is 1. The molecular formula is C21H18ClN3O4. The molecule has 0 saturated carbocycles. The molecule has 0 spiro atoms. The number of nitrogens with zero attached hydrogens (tertiary/aromatic N) is 2. The highest BCUT2D eigenvalue weighted by atomic mass is 35.5. The van der Waals surface area contributed by atoms with Gasteiger partial charge in [0.2, 0.25) is 5.78 Å². The number of ketones is 1. The van der Waals surface area contributed by atoms with Gasteiger partial charge in [-0.15, -0.1) is 0 Å². The number of nitrogens with one attached hydrogen (secondary N) is 1. The highest BCUT2D eigenvalue weighted by Gasteiger charge is 2.22. The topological polar surface area (TPSA) is 92.4 Å². The van der Waals surface area contributed by atoms with Crippen LogP contribution in [0, 0.1) is 0 Å². The number of fused-ring (bicyclic) bond motifs is 1. The Morgan fingerprint density at radius 1 is 1.14 bits per heavy atom. The van der Waals surface area contributed by atoms with E-state index >= 15 is 0 Å². The first-order valence-corrected chi connectivity index (χ1v) is 9.64. The van der Waals surface area contributed by atoms with E-state index < -0.39 is 18.4 Å². The zero-order chi connectivity index (χ0) is 20.4. The molecule has 0 unspecified atom stereocenters. The number of hydrogen-bond acceptors (Lipinski definition) is 5. The fourth-order valence-corrected chi connectivity index (χ4v) is 3.57. The second kappa shape index (κ2) is 8.05. The second-order valence-corrected chi connectivity index (χ2v) is 7.20. The number of hydrogen-bond donors (Lipinski definition) is 1. The molecular weight excluding hydrogens is 394 g/mol.